The van der Waals surface area contributed by atoms with Gasteiger partial charge < -0.3 is 5.11 Å². The predicted octanol–water partition coefficient (Wildman–Crippen LogP) is 3.25. The lowest BCUT2D eigenvalue weighted by molar-refractivity contribution is 0.0695. The Labute approximate surface area is 103 Å². The molecule has 2 nitrogen and oxygen atoms in total. The third-order valence-corrected chi connectivity index (χ3v) is 2.64. The van der Waals surface area contributed by atoms with Gasteiger partial charge in [0.05, 0.1) is 5.56 Å². The first-order valence-electron chi connectivity index (χ1n) is 5.33. The molecule has 18 heavy (non-hydrogen) atoms. The average molecular weight is 248 g/mol. The zero-order valence-electron chi connectivity index (χ0n) is 9.36. The maximum Gasteiger partial charge on any atom is 0.336 e. The van der Waals surface area contributed by atoms with Gasteiger partial charge in [-0.15, -0.1) is 0 Å². The van der Waals surface area contributed by atoms with Crippen LogP contribution in [0, 0.1) is 11.6 Å². The number of aromatic carboxylic acids is 1. The fourth-order valence-corrected chi connectivity index (χ4v) is 1.75. The van der Waals surface area contributed by atoms with Gasteiger partial charge in [0, 0.05) is 6.42 Å². The Bertz CT molecular complexity index is 594. The van der Waals surface area contributed by atoms with Crippen LogP contribution in [-0.2, 0) is 6.42 Å². The maximum atomic E-state index is 13.5. The van der Waals surface area contributed by atoms with Crippen molar-refractivity contribution in [2.75, 3.05) is 0 Å². The predicted molar refractivity (Wildman–Crippen MR) is 62.6 cm³/mol. The molecule has 0 atom stereocenters. The van der Waals surface area contributed by atoms with E-state index in [1.807, 2.05) is 0 Å². The second kappa shape index (κ2) is 4.96. The molecule has 0 radical (unpaired) electrons. The maximum absolute atomic E-state index is 13.5. The van der Waals surface area contributed by atoms with Crippen LogP contribution in [0.3, 0.4) is 0 Å². The van der Waals surface area contributed by atoms with Crippen LogP contribution < -0.4 is 0 Å². The highest BCUT2D eigenvalue weighted by molar-refractivity contribution is 5.89. The molecule has 2 aromatic rings. The van der Waals surface area contributed by atoms with E-state index in [9.17, 15) is 13.6 Å². The normalized spacial score (nSPS) is 10.3. The lowest BCUT2D eigenvalue weighted by Gasteiger charge is -2.07. The van der Waals surface area contributed by atoms with Crippen molar-refractivity contribution >= 4 is 5.97 Å². The Morgan fingerprint density at radius 3 is 2.44 bits per heavy atom. The molecule has 0 saturated carbocycles. The number of halogens is 2. The number of hydrogen-bond acceptors (Lipinski definition) is 1. The monoisotopic (exact) mass is 248 g/mol. The minimum absolute atomic E-state index is 0.120. The minimum Gasteiger partial charge on any atom is -0.478 e. The largest absolute Gasteiger partial charge is 0.478 e. The van der Waals surface area contributed by atoms with E-state index in [4.69, 9.17) is 5.11 Å². The molecule has 2 rings (SSSR count). The number of benzene rings is 2. The van der Waals surface area contributed by atoms with Gasteiger partial charge in [-0.25, -0.2) is 13.6 Å². The van der Waals surface area contributed by atoms with Crippen molar-refractivity contribution in [2.45, 2.75) is 6.42 Å². The highest BCUT2D eigenvalue weighted by atomic mass is 19.1. The molecule has 1 N–H and O–H groups in total. The van der Waals surface area contributed by atoms with E-state index in [0.717, 1.165) is 6.07 Å². The molecule has 0 spiro atoms. The first kappa shape index (κ1) is 12.2. The van der Waals surface area contributed by atoms with Crippen LogP contribution in [0.1, 0.15) is 21.5 Å². The standard InChI is InChI=1S/C14H10F2O2/c15-11-6-5-9(12(8-11)14(17)18)7-10-3-1-2-4-13(10)16/h1-6,8H,7H2,(H,17,18). The Kier molecular flexibility index (Phi) is 3.37. The van der Waals surface area contributed by atoms with E-state index in [-0.39, 0.29) is 12.0 Å². The minimum atomic E-state index is -1.22. The van der Waals surface area contributed by atoms with E-state index in [2.05, 4.69) is 0 Å². The van der Waals surface area contributed by atoms with E-state index in [0.29, 0.717) is 11.1 Å². The van der Waals surface area contributed by atoms with Gasteiger partial charge in [0.1, 0.15) is 11.6 Å². The van der Waals surface area contributed by atoms with E-state index in [1.165, 1.54) is 18.2 Å². The summed E-state index contributed by atoms with van der Waals surface area (Å²) in [5.74, 6) is -2.25. The van der Waals surface area contributed by atoms with Crippen LogP contribution in [0.4, 0.5) is 8.78 Å². The lowest BCUT2D eigenvalue weighted by atomic mass is 9.99. The van der Waals surface area contributed by atoms with Gasteiger partial charge in [0.25, 0.3) is 0 Å². The summed E-state index contributed by atoms with van der Waals surface area (Å²) in [5, 5.41) is 8.98. The van der Waals surface area contributed by atoms with E-state index < -0.39 is 17.6 Å². The molecule has 0 aliphatic heterocycles. The molecule has 4 heteroatoms. The zero-order chi connectivity index (χ0) is 13.1. The van der Waals surface area contributed by atoms with Gasteiger partial charge >= 0.3 is 5.97 Å². The second-order valence-corrected chi connectivity index (χ2v) is 3.87. The van der Waals surface area contributed by atoms with Crippen LogP contribution in [-0.4, -0.2) is 11.1 Å². The van der Waals surface area contributed by atoms with Crippen molar-refractivity contribution in [1.82, 2.24) is 0 Å². The van der Waals surface area contributed by atoms with Crippen LogP contribution in [0.2, 0.25) is 0 Å². The second-order valence-electron chi connectivity index (χ2n) is 3.87. The fourth-order valence-electron chi connectivity index (χ4n) is 1.75. The molecule has 0 aliphatic rings. The molecule has 0 bridgehead atoms. The zero-order valence-corrected chi connectivity index (χ0v) is 9.36. The highest BCUT2D eigenvalue weighted by Gasteiger charge is 2.13. The van der Waals surface area contributed by atoms with E-state index in [1.54, 1.807) is 18.2 Å². The van der Waals surface area contributed by atoms with Gasteiger partial charge in [0.15, 0.2) is 0 Å². The summed E-state index contributed by atoms with van der Waals surface area (Å²) in [5.41, 5.74) is 0.624. The molecule has 0 saturated heterocycles. The molecular weight excluding hydrogens is 238 g/mol. The summed E-state index contributed by atoms with van der Waals surface area (Å²) >= 11 is 0. The van der Waals surface area contributed by atoms with Crippen molar-refractivity contribution in [2.24, 2.45) is 0 Å². The average Bonchev–Trinajstić information content (AvgIpc) is 2.34. The summed E-state index contributed by atoms with van der Waals surface area (Å²) in [7, 11) is 0. The van der Waals surface area contributed by atoms with Gasteiger partial charge in [-0.3, -0.25) is 0 Å². The number of carboxylic acids is 1. The smallest absolute Gasteiger partial charge is 0.336 e. The van der Waals surface area contributed by atoms with Gasteiger partial charge in [-0.2, -0.15) is 0 Å². The summed E-state index contributed by atoms with van der Waals surface area (Å²) in [4.78, 5) is 11.0. The number of carboxylic acid groups (broad SMARTS) is 1. The SMILES string of the molecule is O=C(O)c1cc(F)ccc1Cc1ccccc1F. The molecule has 2 aromatic carbocycles. The number of carbonyl (C=O) groups is 1. The third kappa shape index (κ3) is 2.53. The Balaban J connectivity index is 2.41. The van der Waals surface area contributed by atoms with Crippen molar-refractivity contribution in [1.29, 1.82) is 0 Å². The first-order valence-corrected chi connectivity index (χ1v) is 5.33. The highest BCUT2D eigenvalue weighted by Crippen LogP contribution is 2.18. The molecule has 0 aromatic heterocycles. The molecular formula is C14H10F2O2. The Morgan fingerprint density at radius 1 is 1.06 bits per heavy atom. The van der Waals surface area contributed by atoms with Crippen molar-refractivity contribution in [3.05, 3.63) is 70.8 Å². The van der Waals surface area contributed by atoms with Crippen molar-refractivity contribution in [3.8, 4) is 0 Å². The summed E-state index contributed by atoms with van der Waals surface area (Å²) in [6, 6.07) is 9.58. The van der Waals surface area contributed by atoms with E-state index >= 15 is 0 Å². The van der Waals surface area contributed by atoms with Crippen LogP contribution in [0.25, 0.3) is 0 Å². The number of rotatable bonds is 3. The molecule has 0 heterocycles. The Hall–Kier alpha value is -2.23. The Morgan fingerprint density at radius 2 is 1.78 bits per heavy atom. The van der Waals surface area contributed by atoms with Gasteiger partial charge in [-0.05, 0) is 29.3 Å². The molecule has 0 aliphatic carbocycles. The molecule has 92 valence electrons. The van der Waals surface area contributed by atoms with Crippen LogP contribution in [0.5, 0.6) is 0 Å². The molecule has 0 unspecified atom stereocenters. The number of hydrogen-bond donors (Lipinski definition) is 1. The molecule has 0 amide bonds. The summed E-state index contributed by atoms with van der Waals surface area (Å²) in [6.07, 6.45) is 0.120. The topological polar surface area (TPSA) is 37.3 Å². The van der Waals surface area contributed by atoms with Crippen LogP contribution >= 0.6 is 0 Å². The first-order chi connectivity index (χ1) is 8.58. The van der Waals surface area contributed by atoms with Gasteiger partial charge in [-0.1, -0.05) is 24.3 Å². The fraction of sp³-hybridized carbons (Fsp3) is 0.0714. The van der Waals surface area contributed by atoms with Gasteiger partial charge in [0.2, 0.25) is 0 Å². The summed E-state index contributed by atoms with van der Waals surface area (Å²) in [6.45, 7) is 0. The van der Waals surface area contributed by atoms with Crippen molar-refractivity contribution < 1.29 is 18.7 Å². The lowest BCUT2D eigenvalue weighted by Crippen LogP contribution is -2.04. The quantitative estimate of drug-likeness (QED) is 0.905. The summed E-state index contributed by atoms with van der Waals surface area (Å²) < 4.78 is 26.5. The van der Waals surface area contributed by atoms with Crippen molar-refractivity contribution in [3.63, 3.8) is 0 Å². The third-order valence-electron chi connectivity index (χ3n) is 2.64. The van der Waals surface area contributed by atoms with Crippen LogP contribution in [0.15, 0.2) is 42.5 Å². The molecule has 0 fully saturated rings.